The van der Waals surface area contributed by atoms with Crippen molar-refractivity contribution in [2.45, 2.75) is 11.8 Å². The van der Waals surface area contributed by atoms with E-state index in [0.717, 1.165) is 11.4 Å². The number of carbonyl (C=O) groups excluding carboxylic acids is 1. The number of hydrogen-bond acceptors (Lipinski definition) is 6. The summed E-state index contributed by atoms with van der Waals surface area (Å²) < 4.78 is 38.8. The van der Waals surface area contributed by atoms with E-state index in [1.54, 1.807) is 20.1 Å². The normalized spacial score (nSPS) is 17.3. The van der Waals surface area contributed by atoms with Gasteiger partial charge in [0.1, 0.15) is 11.5 Å². The molecule has 4 rings (SSSR count). The molecule has 8 nitrogen and oxygen atoms in total. The van der Waals surface area contributed by atoms with E-state index in [1.807, 2.05) is 24.3 Å². The number of aryl methyl sites for hydroxylation is 1. The highest BCUT2D eigenvalue weighted by Gasteiger charge is 2.32. The number of ether oxygens (including phenoxy) is 2. The minimum Gasteiger partial charge on any atom is -0.495 e. The van der Waals surface area contributed by atoms with Crippen LogP contribution in [0.15, 0.2) is 41.3 Å². The number of para-hydroxylation sites is 2. The zero-order valence-electron chi connectivity index (χ0n) is 16.3. The Balaban J connectivity index is 1.55. The molecule has 0 atom stereocenters. The molecule has 0 aromatic heterocycles. The van der Waals surface area contributed by atoms with Gasteiger partial charge in [0.15, 0.2) is 6.61 Å². The topological polar surface area (TPSA) is 88.2 Å². The van der Waals surface area contributed by atoms with Crippen molar-refractivity contribution in [3.8, 4) is 11.5 Å². The fourth-order valence-electron chi connectivity index (χ4n) is 3.69. The molecule has 1 amide bonds. The lowest BCUT2D eigenvalue weighted by molar-refractivity contribution is -0.118. The second-order valence-electron chi connectivity index (χ2n) is 7.01. The van der Waals surface area contributed by atoms with Crippen LogP contribution in [0.25, 0.3) is 0 Å². The van der Waals surface area contributed by atoms with Crippen LogP contribution >= 0.6 is 0 Å². The molecule has 0 aliphatic carbocycles. The number of piperazine rings is 1. The van der Waals surface area contributed by atoms with E-state index in [-0.39, 0.29) is 17.4 Å². The van der Waals surface area contributed by atoms with Crippen LogP contribution in [-0.4, -0.2) is 58.5 Å². The number of hydrogen-bond donors (Lipinski definition) is 1. The molecule has 29 heavy (non-hydrogen) atoms. The van der Waals surface area contributed by atoms with Crippen molar-refractivity contribution >= 4 is 27.3 Å². The summed E-state index contributed by atoms with van der Waals surface area (Å²) in [6.45, 7) is 3.51. The lowest BCUT2D eigenvalue weighted by atomic mass is 10.2. The Morgan fingerprint density at radius 3 is 2.55 bits per heavy atom. The van der Waals surface area contributed by atoms with Crippen LogP contribution in [0.4, 0.5) is 11.4 Å². The first kappa shape index (κ1) is 19.5. The summed E-state index contributed by atoms with van der Waals surface area (Å²) in [7, 11) is -2.07. The number of fused-ring (bicyclic) bond motifs is 1. The molecule has 2 aromatic carbocycles. The predicted octanol–water partition coefficient (Wildman–Crippen LogP) is 1.85. The number of amides is 1. The summed E-state index contributed by atoms with van der Waals surface area (Å²) in [4.78, 5) is 13.9. The second kappa shape index (κ2) is 7.57. The Morgan fingerprint density at radius 2 is 1.83 bits per heavy atom. The first-order valence-corrected chi connectivity index (χ1v) is 10.8. The Morgan fingerprint density at radius 1 is 1.10 bits per heavy atom. The molecule has 1 saturated heterocycles. The SMILES string of the molecule is COc1ccccc1N1CCN(S(=O)(=O)c2cc3c(cc2C)OCC(=O)N3)CC1. The molecule has 2 aliphatic rings. The Kier molecular flexibility index (Phi) is 5.10. The molecule has 0 unspecified atom stereocenters. The molecule has 2 heterocycles. The van der Waals surface area contributed by atoms with Crippen LogP contribution in [0.5, 0.6) is 11.5 Å². The molecule has 0 saturated carbocycles. The first-order chi connectivity index (χ1) is 13.9. The van der Waals surface area contributed by atoms with Crippen molar-refractivity contribution in [2.75, 3.05) is 50.1 Å². The molecule has 0 bridgehead atoms. The first-order valence-electron chi connectivity index (χ1n) is 9.35. The van der Waals surface area contributed by atoms with Gasteiger partial charge in [0, 0.05) is 26.2 Å². The maximum absolute atomic E-state index is 13.3. The number of carbonyl (C=O) groups is 1. The molecule has 9 heteroatoms. The van der Waals surface area contributed by atoms with Crippen molar-refractivity contribution < 1.29 is 22.7 Å². The third-order valence-electron chi connectivity index (χ3n) is 5.19. The average Bonchev–Trinajstić information content (AvgIpc) is 2.73. The Bertz CT molecular complexity index is 1050. The average molecular weight is 417 g/mol. The largest absolute Gasteiger partial charge is 0.495 e. The van der Waals surface area contributed by atoms with E-state index >= 15 is 0 Å². The molecule has 2 aliphatic heterocycles. The minimum atomic E-state index is -3.70. The highest BCUT2D eigenvalue weighted by Crippen LogP contribution is 2.35. The summed E-state index contributed by atoms with van der Waals surface area (Å²) in [6.07, 6.45) is 0. The number of nitrogens with one attached hydrogen (secondary N) is 1. The zero-order valence-corrected chi connectivity index (χ0v) is 17.2. The highest BCUT2D eigenvalue weighted by atomic mass is 32.2. The maximum atomic E-state index is 13.3. The number of sulfonamides is 1. The minimum absolute atomic E-state index is 0.0660. The van der Waals surface area contributed by atoms with Crippen molar-refractivity contribution in [2.24, 2.45) is 0 Å². The fraction of sp³-hybridized carbons (Fsp3) is 0.350. The van der Waals surface area contributed by atoms with Crippen LogP contribution in [0.1, 0.15) is 5.56 Å². The molecule has 0 radical (unpaired) electrons. The number of benzene rings is 2. The van der Waals surface area contributed by atoms with Gasteiger partial charge in [0.2, 0.25) is 10.0 Å². The predicted molar refractivity (Wildman–Crippen MR) is 109 cm³/mol. The molecular weight excluding hydrogens is 394 g/mol. The van der Waals surface area contributed by atoms with Gasteiger partial charge in [0.05, 0.1) is 23.4 Å². The van der Waals surface area contributed by atoms with Crippen LogP contribution < -0.4 is 19.7 Å². The molecule has 1 N–H and O–H groups in total. The monoisotopic (exact) mass is 417 g/mol. The van der Waals surface area contributed by atoms with Crippen LogP contribution in [0.2, 0.25) is 0 Å². The van der Waals surface area contributed by atoms with Crippen molar-refractivity contribution in [3.05, 3.63) is 42.0 Å². The molecular formula is C20H23N3O5S. The van der Waals surface area contributed by atoms with Gasteiger partial charge in [-0.25, -0.2) is 8.42 Å². The fourth-order valence-corrected chi connectivity index (χ4v) is 5.34. The lowest BCUT2D eigenvalue weighted by Gasteiger charge is -2.36. The van der Waals surface area contributed by atoms with Gasteiger partial charge in [-0.2, -0.15) is 4.31 Å². The summed E-state index contributed by atoms with van der Waals surface area (Å²) in [5.41, 5.74) is 1.93. The number of methoxy groups -OCH3 is 1. The molecule has 2 aromatic rings. The van der Waals surface area contributed by atoms with Crippen LogP contribution in [0, 0.1) is 6.92 Å². The third kappa shape index (κ3) is 3.63. The standard InChI is InChI=1S/C20H23N3O5S/c1-14-11-18-15(21-20(24)13-28-18)12-19(14)29(25,26)23-9-7-22(8-10-23)16-5-3-4-6-17(16)27-2/h3-6,11-12H,7-10,13H2,1-2H3,(H,21,24). The summed E-state index contributed by atoms with van der Waals surface area (Å²) in [5, 5.41) is 2.67. The van der Waals surface area contributed by atoms with E-state index in [9.17, 15) is 13.2 Å². The zero-order chi connectivity index (χ0) is 20.6. The van der Waals surface area contributed by atoms with Gasteiger partial charge in [-0.1, -0.05) is 12.1 Å². The third-order valence-corrected chi connectivity index (χ3v) is 7.23. The molecule has 1 fully saturated rings. The number of rotatable bonds is 4. The van der Waals surface area contributed by atoms with Crippen molar-refractivity contribution in [1.29, 1.82) is 0 Å². The van der Waals surface area contributed by atoms with Gasteiger partial charge in [-0.05, 0) is 36.8 Å². The number of anilines is 2. The number of nitrogens with zero attached hydrogens (tertiary/aromatic N) is 2. The van der Waals surface area contributed by atoms with Crippen molar-refractivity contribution in [3.63, 3.8) is 0 Å². The van der Waals surface area contributed by atoms with Gasteiger partial charge < -0.3 is 19.7 Å². The van der Waals surface area contributed by atoms with Gasteiger partial charge >= 0.3 is 0 Å². The van der Waals surface area contributed by atoms with Crippen LogP contribution in [-0.2, 0) is 14.8 Å². The van der Waals surface area contributed by atoms with Crippen molar-refractivity contribution in [1.82, 2.24) is 4.31 Å². The van der Waals surface area contributed by atoms with E-state index in [4.69, 9.17) is 9.47 Å². The smallest absolute Gasteiger partial charge is 0.262 e. The van der Waals surface area contributed by atoms with Gasteiger partial charge in [-0.3, -0.25) is 4.79 Å². The van der Waals surface area contributed by atoms with Gasteiger partial charge in [-0.15, -0.1) is 0 Å². The quantitative estimate of drug-likeness (QED) is 0.817. The summed E-state index contributed by atoms with van der Waals surface area (Å²) in [6, 6.07) is 10.9. The van der Waals surface area contributed by atoms with E-state index in [2.05, 4.69) is 10.2 Å². The van der Waals surface area contributed by atoms with Gasteiger partial charge in [0.25, 0.3) is 5.91 Å². The highest BCUT2D eigenvalue weighted by molar-refractivity contribution is 7.89. The van der Waals surface area contributed by atoms with E-state index < -0.39 is 10.0 Å². The summed E-state index contributed by atoms with van der Waals surface area (Å²) >= 11 is 0. The maximum Gasteiger partial charge on any atom is 0.262 e. The second-order valence-corrected chi connectivity index (χ2v) is 8.92. The van der Waals surface area contributed by atoms with E-state index in [0.29, 0.717) is 43.2 Å². The lowest BCUT2D eigenvalue weighted by Crippen LogP contribution is -2.48. The van der Waals surface area contributed by atoms with E-state index in [1.165, 1.54) is 10.4 Å². The molecule has 154 valence electrons. The molecule has 0 spiro atoms. The van der Waals surface area contributed by atoms with Crippen LogP contribution in [0.3, 0.4) is 0 Å². The Hall–Kier alpha value is -2.78. The Labute approximate surface area is 170 Å². The summed E-state index contributed by atoms with van der Waals surface area (Å²) in [5.74, 6) is 0.960.